The lowest BCUT2D eigenvalue weighted by molar-refractivity contribution is -0.143. The molecule has 2 fully saturated rings. The fourth-order valence-corrected chi connectivity index (χ4v) is 2.95. The topological polar surface area (TPSA) is 66.5 Å². The minimum atomic E-state index is -0.241. The highest BCUT2D eigenvalue weighted by molar-refractivity contribution is 6.07. The highest BCUT2D eigenvalue weighted by atomic mass is 16.2. The molecule has 5 nitrogen and oxygen atoms in total. The van der Waals surface area contributed by atoms with Gasteiger partial charge in [-0.25, -0.2) is 0 Å². The van der Waals surface area contributed by atoms with E-state index in [4.69, 9.17) is 0 Å². The predicted molar refractivity (Wildman–Crippen MR) is 70.1 cm³/mol. The summed E-state index contributed by atoms with van der Waals surface area (Å²) >= 11 is 0. The van der Waals surface area contributed by atoms with Crippen molar-refractivity contribution in [3.8, 4) is 0 Å². The summed E-state index contributed by atoms with van der Waals surface area (Å²) in [5.74, 6) is -0.868. The van der Waals surface area contributed by atoms with Gasteiger partial charge in [-0.1, -0.05) is 19.8 Å². The van der Waals surface area contributed by atoms with E-state index in [0.29, 0.717) is 0 Å². The third-order valence-electron chi connectivity index (χ3n) is 4.25. The van der Waals surface area contributed by atoms with Crippen molar-refractivity contribution in [2.45, 2.75) is 52.0 Å². The Balaban J connectivity index is 1.98. The first-order valence-electron chi connectivity index (χ1n) is 7.19. The number of nitrogens with one attached hydrogen (secondary N) is 1. The van der Waals surface area contributed by atoms with Crippen LogP contribution in [-0.2, 0) is 14.4 Å². The lowest BCUT2D eigenvalue weighted by atomic mass is 9.81. The number of hydrogen-bond donors (Lipinski definition) is 1. The average Bonchev–Trinajstić information content (AvgIpc) is 2.64. The second-order valence-corrected chi connectivity index (χ2v) is 5.64. The number of carbonyl (C=O) groups is 3. The van der Waals surface area contributed by atoms with Crippen molar-refractivity contribution >= 4 is 17.7 Å². The third-order valence-corrected chi connectivity index (χ3v) is 4.25. The van der Waals surface area contributed by atoms with E-state index in [-0.39, 0.29) is 42.1 Å². The van der Waals surface area contributed by atoms with Crippen LogP contribution >= 0.6 is 0 Å². The summed E-state index contributed by atoms with van der Waals surface area (Å²) in [5.41, 5.74) is 0. The van der Waals surface area contributed by atoms with E-state index in [1.165, 1.54) is 4.90 Å². The van der Waals surface area contributed by atoms with Gasteiger partial charge < -0.3 is 5.32 Å². The van der Waals surface area contributed by atoms with Crippen molar-refractivity contribution in [1.82, 2.24) is 10.2 Å². The first-order valence-corrected chi connectivity index (χ1v) is 7.19. The molecule has 1 aliphatic carbocycles. The van der Waals surface area contributed by atoms with Gasteiger partial charge in [0.25, 0.3) is 0 Å². The summed E-state index contributed by atoms with van der Waals surface area (Å²) < 4.78 is 0. The first kappa shape index (κ1) is 14.0. The molecule has 0 aromatic carbocycles. The van der Waals surface area contributed by atoms with Crippen LogP contribution < -0.4 is 5.32 Å². The number of imide groups is 1. The van der Waals surface area contributed by atoms with Gasteiger partial charge >= 0.3 is 0 Å². The summed E-state index contributed by atoms with van der Waals surface area (Å²) in [6.07, 6.45) is 4.43. The number of carbonyl (C=O) groups excluding carboxylic acids is 3. The van der Waals surface area contributed by atoms with E-state index in [1.54, 1.807) is 0 Å². The van der Waals surface area contributed by atoms with Gasteiger partial charge in [0, 0.05) is 6.04 Å². The van der Waals surface area contributed by atoms with Gasteiger partial charge in [-0.05, 0) is 26.2 Å². The molecule has 3 amide bonds. The van der Waals surface area contributed by atoms with Crippen LogP contribution in [0.3, 0.4) is 0 Å². The molecule has 3 atom stereocenters. The molecule has 0 bridgehead atoms. The van der Waals surface area contributed by atoms with E-state index in [2.05, 4.69) is 5.32 Å². The van der Waals surface area contributed by atoms with Crippen LogP contribution in [0.15, 0.2) is 0 Å². The molecule has 0 spiro atoms. The van der Waals surface area contributed by atoms with Crippen LogP contribution in [0, 0.1) is 11.8 Å². The summed E-state index contributed by atoms with van der Waals surface area (Å²) in [6, 6.07) is 0.0718. The molecule has 1 aliphatic heterocycles. The van der Waals surface area contributed by atoms with Crippen molar-refractivity contribution in [3.05, 3.63) is 0 Å². The molecular weight excluding hydrogens is 244 g/mol. The summed E-state index contributed by atoms with van der Waals surface area (Å²) in [4.78, 5) is 37.3. The Morgan fingerprint density at radius 2 is 1.79 bits per heavy atom. The molecule has 1 heterocycles. The van der Waals surface area contributed by atoms with Crippen molar-refractivity contribution in [2.24, 2.45) is 11.8 Å². The quantitative estimate of drug-likeness (QED) is 0.774. The maximum atomic E-state index is 12.2. The van der Waals surface area contributed by atoms with E-state index in [9.17, 15) is 14.4 Å². The zero-order valence-electron chi connectivity index (χ0n) is 11.6. The SMILES string of the molecule is CC[C@H](C)NC(=O)CN1C(=O)[C@@H]2CCCC[C@H]2C1=O. The number of hydrogen-bond acceptors (Lipinski definition) is 3. The third kappa shape index (κ3) is 2.80. The van der Waals surface area contributed by atoms with Crippen LogP contribution in [0.25, 0.3) is 0 Å². The van der Waals surface area contributed by atoms with Crippen LogP contribution in [-0.4, -0.2) is 35.2 Å². The summed E-state index contributed by atoms with van der Waals surface area (Å²) in [5, 5.41) is 2.79. The fourth-order valence-electron chi connectivity index (χ4n) is 2.95. The van der Waals surface area contributed by atoms with E-state index < -0.39 is 0 Å². The van der Waals surface area contributed by atoms with E-state index in [1.807, 2.05) is 13.8 Å². The molecule has 1 saturated carbocycles. The summed E-state index contributed by atoms with van der Waals surface area (Å²) in [6.45, 7) is 3.77. The Kier molecular flexibility index (Phi) is 4.22. The van der Waals surface area contributed by atoms with E-state index >= 15 is 0 Å². The Hall–Kier alpha value is -1.39. The van der Waals surface area contributed by atoms with Gasteiger partial charge in [-0.3, -0.25) is 19.3 Å². The number of fused-ring (bicyclic) bond motifs is 1. The van der Waals surface area contributed by atoms with Gasteiger partial charge in [0.15, 0.2) is 0 Å². The lowest BCUT2D eigenvalue weighted by Crippen LogP contribution is -2.43. The van der Waals surface area contributed by atoms with Gasteiger partial charge in [-0.15, -0.1) is 0 Å². The lowest BCUT2D eigenvalue weighted by Gasteiger charge is -2.19. The van der Waals surface area contributed by atoms with Gasteiger partial charge in [0.2, 0.25) is 17.7 Å². The monoisotopic (exact) mass is 266 g/mol. The number of amides is 3. The van der Waals surface area contributed by atoms with Gasteiger partial charge in [0.1, 0.15) is 6.54 Å². The molecule has 2 aliphatic rings. The Morgan fingerprint density at radius 1 is 1.26 bits per heavy atom. The Bertz CT molecular complexity index is 370. The number of rotatable bonds is 4. The zero-order valence-corrected chi connectivity index (χ0v) is 11.6. The van der Waals surface area contributed by atoms with Crippen molar-refractivity contribution in [1.29, 1.82) is 0 Å². The van der Waals surface area contributed by atoms with Crippen LogP contribution in [0.2, 0.25) is 0 Å². The maximum absolute atomic E-state index is 12.2. The highest BCUT2D eigenvalue weighted by Crippen LogP contribution is 2.37. The number of likely N-dealkylation sites (tertiary alicyclic amines) is 1. The van der Waals surface area contributed by atoms with E-state index in [0.717, 1.165) is 32.1 Å². The second-order valence-electron chi connectivity index (χ2n) is 5.64. The van der Waals surface area contributed by atoms with Crippen molar-refractivity contribution in [3.63, 3.8) is 0 Å². The smallest absolute Gasteiger partial charge is 0.240 e. The maximum Gasteiger partial charge on any atom is 0.240 e. The molecule has 19 heavy (non-hydrogen) atoms. The first-order chi connectivity index (χ1) is 9.04. The molecule has 5 heteroatoms. The predicted octanol–water partition coefficient (Wildman–Crippen LogP) is 1.08. The normalized spacial score (nSPS) is 28.2. The summed E-state index contributed by atoms with van der Waals surface area (Å²) in [7, 11) is 0. The molecule has 2 rings (SSSR count). The molecule has 0 aromatic rings. The zero-order chi connectivity index (χ0) is 14.0. The highest BCUT2D eigenvalue weighted by Gasteiger charge is 2.48. The van der Waals surface area contributed by atoms with Crippen molar-refractivity contribution < 1.29 is 14.4 Å². The molecule has 1 saturated heterocycles. The molecule has 0 radical (unpaired) electrons. The molecule has 1 N–H and O–H groups in total. The number of nitrogens with zero attached hydrogens (tertiary/aromatic N) is 1. The minimum Gasteiger partial charge on any atom is -0.352 e. The standard InChI is InChI=1S/C14H22N2O3/c1-3-9(2)15-12(17)8-16-13(18)10-6-4-5-7-11(10)14(16)19/h9-11H,3-8H2,1-2H3,(H,15,17)/t9-,10+,11+/m0/s1. The second kappa shape index (κ2) is 5.72. The molecule has 0 aromatic heterocycles. The minimum absolute atomic E-state index is 0.0718. The average molecular weight is 266 g/mol. The fraction of sp³-hybridized carbons (Fsp3) is 0.786. The van der Waals surface area contributed by atoms with Crippen LogP contribution in [0.5, 0.6) is 0 Å². The van der Waals surface area contributed by atoms with Crippen LogP contribution in [0.4, 0.5) is 0 Å². The van der Waals surface area contributed by atoms with Gasteiger partial charge in [0.05, 0.1) is 11.8 Å². The largest absolute Gasteiger partial charge is 0.352 e. The van der Waals surface area contributed by atoms with Gasteiger partial charge in [-0.2, -0.15) is 0 Å². The Labute approximate surface area is 113 Å². The van der Waals surface area contributed by atoms with Crippen LogP contribution in [0.1, 0.15) is 46.0 Å². The molecule has 106 valence electrons. The Morgan fingerprint density at radius 3 is 2.26 bits per heavy atom. The van der Waals surface area contributed by atoms with Crippen molar-refractivity contribution in [2.75, 3.05) is 6.54 Å². The molecular formula is C14H22N2O3. The molecule has 0 unspecified atom stereocenters.